The fourth-order valence-corrected chi connectivity index (χ4v) is 1.96. The molecule has 0 aliphatic heterocycles. The smallest absolute Gasteiger partial charge is 0.336 e. The van der Waals surface area contributed by atoms with Crippen LogP contribution in [-0.4, -0.2) is 18.1 Å². The van der Waals surface area contributed by atoms with E-state index in [9.17, 15) is 4.79 Å². The van der Waals surface area contributed by atoms with Gasteiger partial charge in [-0.1, -0.05) is 13.8 Å². The first-order valence-corrected chi connectivity index (χ1v) is 6.20. The van der Waals surface area contributed by atoms with Gasteiger partial charge >= 0.3 is 5.63 Å². The largest absolute Gasteiger partial charge is 0.423 e. The standard InChI is InChI=1S/C14H18N2O2/c1-4-16(5-2)15-11-6-7-12-10(3)8-14(17)18-13(12)9-11/h6-9,15H,4-5H2,1-3H3. The molecule has 4 nitrogen and oxygen atoms in total. The highest BCUT2D eigenvalue weighted by molar-refractivity contribution is 5.83. The Morgan fingerprint density at radius 1 is 1.22 bits per heavy atom. The molecule has 0 saturated carbocycles. The Morgan fingerprint density at radius 2 is 1.94 bits per heavy atom. The zero-order chi connectivity index (χ0) is 13.1. The van der Waals surface area contributed by atoms with Crippen molar-refractivity contribution in [2.45, 2.75) is 20.8 Å². The number of rotatable bonds is 4. The Morgan fingerprint density at radius 3 is 2.61 bits per heavy atom. The molecule has 1 N–H and O–H groups in total. The minimum atomic E-state index is -0.306. The van der Waals surface area contributed by atoms with Crippen molar-refractivity contribution < 1.29 is 4.42 Å². The summed E-state index contributed by atoms with van der Waals surface area (Å²) in [6.45, 7) is 7.90. The molecule has 0 amide bonds. The van der Waals surface area contributed by atoms with Gasteiger partial charge in [0.05, 0.1) is 5.69 Å². The number of nitrogens with zero attached hydrogens (tertiary/aromatic N) is 1. The van der Waals surface area contributed by atoms with Gasteiger partial charge in [-0.05, 0) is 24.6 Å². The van der Waals surface area contributed by atoms with Crippen molar-refractivity contribution in [2.24, 2.45) is 0 Å². The van der Waals surface area contributed by atoms with Crippen molar-refractivity contribution in [2.75, 3.05) is 18.5 Å². The molecule has 0 spiro atoms. The predicted octanol–water partition coefficient (Wildman–Crippen LogP) is 2.77. The molecule has 1 heterocycles. The molecule has 0 saturated heterocycles. The first kappa shape index (κ1) is 12.6. The molecular weight excluding hydrogens is 228 g/mol. The minimum Gasteiger partial charge on any atom is -0.423 e. The molecule has 0 unspecified atom stereocenters. The first-order chi connectivity index (χ1) is 8.63. The second kappa shape index (κ2) is 5.23. The molecule has 1 aromatic heterocycles. The molecule has 18 heavy (non-hydrogen) atoms. The number of hydrazine groups is 1. The molecule has 0 atom stereocenters. The monoisotopic (exact) mass is 246 g/mol. The summed E-state index contributed by atoms with van der Waals surface area (Å²) in [4.78, 5) is 11.4. The molecule has 0 bridgehead atoms. The molecule has 2 aromatic rings. The third-order valence-corrected chi connectivity index (χ3v) is 3.00. The summed E-state index contributed by atoms with van der Waals surface area (Å²) in [5.41, 5.74) is 5.47. The summed E-state index contributed by atoms with van der Waals surface area (Å²) in [5, 5.41) is 3.05. The van der Waals surface area contributed by atoms with Gasteiger partial charge < -0.3 is 9.84 Å². The lowest BCUT2D eigenvalue weighted by Gasteiger charge is -2.20. The van der Waals surface area contributed by atoms with Gasteiger partial charge in [0.2, 0.25) is 0 Å². The second-order valence-electron chi connectivity index (χ2n) is 4.24. The van der Waals surface area contributed by atoms with Crippen LogP contribution < -0.4 is 11.1 Å². The first-order valence-electron chi connectivity index (χ1n) is 6.20. The zero-order valence-corrected chi connectivity index (χ0v) is 11.0. The predicted molar refractivity (Wildman–Crippen MR) is 73.8 cm³/mol. The van der Waals surface area contributed by atoms with Gasteiger partial charge in [-0.25, -0.2) is 9.80 Å². The molecule has 0 fully saturated rings. The maximum atomic E-state index is 11.4. The van der Waals surface area contributed by atoms with E-state index in [-0.39, 0.29) is 5.63 Å². The lowest BCUT2D eigenvalue weighted by atomic mass is 10.1. The molecule has 96 valence electrons. The summed E-state index contributed by atoms with van der Waals surface area (Å²) in [5.74, 6) is 0. The fraction of sp³-hybridized carbons (Fsp3) is 0.357. The van der Waals surface area contributed by atoms with Crippen LogP contribution in [0.25, 0.3) is 11.0 Å². The fourth-order valence-electron chi connectivity index (χ4n) is 1.96. The Balaban J connectivity index is 2.41. The van der Waals surface area contributed by atoms with Gasteiger partial charge in [-0.2, -0.15) is 0 Å². The number of benzene rings is 1. The van der Waals surface area contributed by atoms with E-state index >= 15 is 0 Å². The van der Waals surface area contributed by atoms with Crippen LogP contribution in [0.15, 0.2) is 33.5 Å². The van der Waals surface area contributed by atoms with E-state index in [0.29, 0.717) is 5.58 Å². The van der Waals surface area contributed by atoms with Crippen molar-refractivity contribution in [3.05, 3.63) is 40.2 Å². The zero-order valence-electron chi connectivity index (χ0n) is 11.0. The number of aryl methyl sites for hydroxylation is 1. The van der Waals surface area contributed by atoms with Crippen molar-refractivity contribution in [3.8, 4) is 0 Å². The maximum absolute atomic E-state index is 11.4. The third-order valence-electron chi connectivity index (χ3n) is 3.00. The average Bonchev–Trinajstić information content (AvgIpc) is 2.35. The van der Waals surface area contributed by atoms with E-state index in [0.717, 1.165) is 29.7 Å². The van der Waals surface area contributed by atoms with Crippen LogP contribution in [0, 0.1) is 6.92 Å². The van der Waals surface area contributed by atoms with E-state index in [1.165, 1.54) is 6.07 Å². The number of anilines is 1. The Labute approximate surface area is 106 Å². The van der Waals surface area contributed by atoms with Crippen molar-refractivity contribution >= 4 is 16.7 Å². The lowest BCUT2D eigenvalue weighted by molar-refractivity contribution is 0.367. The summed E-state index contributed by atoms with van der Waals surface area (Å²) in [7, 11) is 0. The van der Waals surface area contributed by atoms with E-state index in [1.807, 2.05) is 25.1 Å². The quantitative estimate of drug-likeness (QED) is 0.665. The molecule has 0 aliphatic carbocycles. The molecule has 0 aliphatic rings. The van der Waals surface area contributed by atoms with Crippen LogP contribution in [0.3, 0.4) is 0 Å². The Bertz CT molecular complexity index is 600. The minimum absolute atomic E-state index is 0.306. The van der Waals surface area contributed by atoms with Crippen molar-refractivity contribution in [1.82, 2.24) is 5.01 Å². The Kier molecular flexibility index (Phi) is 3.67. The number of hydrogen-bond donors (Lipinski definition) is 1. The number of fused-ring (bicyclic) bond motifs is 1. The van der Waals surface area contributed by atoms with Gasteiger partial charge in [-0.15, -0.1) is 0 Å². The number of hydrogen-bond acceptors (Lipinski definition) is 4. The summed E-state index contributed by atoms with van der Waals surface area (Å²) in [6.07, 6.45) is 0. The summed E-state index contributed by atoms with van der Waals surface area (Å²) < 4.78 is 5.22. The van der Waals surface area contributed by atoms with Crippen molar-refractivity contribution in [3.63, 3.8) is 0 Å². The van der Waals surface area contributed by atoms with Crippen molar-refractivity contribution in [1.29, 1.82) is 0 Å². The highest BCUT2D eigenvalue weighted by Gasteiger charge is 2.04. The van der Waals surface area contributed by atoms with E-state index in [1.54, 1.807) is 0 Å². The van der Waals surface area contributed by atoms with Gasteiger partial charge in [0.25, 0.3) is 0 Å². The average molecular weight is 246 g/mol. The molecule has 0 radical (unpaired) electrons. The Hall–Kier alpha value is -1.81. The summed E-state index contributed by atoms with van der Waals surface area (Å²) in [6, 6.07) is 7.34. The molecule has 1 aromatic carbocycles. The highest BCUT2D eigenvalue weighted by atomic mass is 16.4. The van der Waals surface area contributed by atoms with Crippen LogP contribution in [0.5, 0.6) is 0 Å². The van der Waals surface area contributed by atoms with E-state index in [4.69, 9.17) is 4.42 Å². The van der Waals surface area contributed by atoms with Gasteiger partial charge in [0, 0.05) is 30.6 Å². The number of nitrogens with one attached hydrogen (secondary N) is 1. The van der Waals surface area contributed by atoms with Crippen LogP contribution in [0.1, 0.15) is 19.4 Å². The third kappa shape index (κ3) is 2.54. The van der Waals surface area contributed by atoms with Crippen LogP contribution >= 0.6 is 0 Å². The molecule has 4 heteroatoms. The molecular formula is C14H18N2O2. The van der Waals surface area contributed by atoms with Gasteiger partial charge in [0.1, 0.15) is 5.58 Å². The lowest BCUT2D eigenvalue weighted by Crippen LogP contribution is -2.29. The highest BCUT2D eigenvalue weighted by Crippen LogP contribution is 2.20. The summed E-state index contributed by atoms with van der Waals surface area (Å²) >= 11 is 0. The van der Waals surface area contributed by atoms with Crippen LogP contribution in [-0.2, 0) is 0 Å². The van der Waals surface area contributed by atoms with Crippen LogP contribution in [0.4, 0.5) is 5.69 Å². The normalized spacial score (nSPS) is 11.1. The second-order valence-corrected chi connectivity index (χ2v) is 4.24. The van der Waals surface area contributed by atoms with E-state index in [2.05, 4.69) is 24.3 Å². The maximum Gasteiger partial charge on any atom is 0.336 e. The van der Waals surface area contributed by atoms with Gasteiger partial charge in [0.15, 0.2) is 0 Å². The SMILES string of the molecule is CCN(CC)Nc1ccc2c(C)cc(=O)oc2c1. The topological polar surface area (TPSA) is 45.5 Å². The van der Waals surface area contributed by atoms with Crippen LogP contribution in [0.2, 0.25) is 0 Å². The molecule has 2 rings (SSSR count). The van der Waals surface area contributed by atoms with Gasteiger partial charge in [-0.3, -0.25) is 0 Å². The van der Waals surface area contributed by atoms with E-state index < -0.39 is 0 Å².